The second-order valence-corrected chi connectivity index (χ2v) is 5.14. The van der Waals surface area contributed by atoms with Gasteiger partial charge in [-0.3, -0.25) is 4.98 Å². The largest absolute Gasteiger partial charge is 0.311 e. The highest BCUT2D eigenvalue weighted by Gasteiger charge is 2.08. The molecular formula is C13H23N3. The van der Waals surface area contributed by atoms with Gasteiger partial charge in [-0.1, -0.05) is 6.07 Å². The summed E-state index contributed by atoms with van der Waals surface area (Å²) in [7, 11) is 0. The molecule has 90 valence electrons. The van der Waals surface area contributed by atoms with Crippen LogP contribution in [0.25, 0.3) is 0 Å². The van der Waals surface area contributed by atoms with Crippen molar-refractivity contribution in [3.05, 3.63) is 30.1 Å². The summed E-state index contributed by atoms with van der Waals surface area (Å²) in [6, 6.07) is 4.43. The van der Waals surface area contributed by atoms with Crippen LogP contribution in [0.2, 0.25) is 0 Å². The zero-order valence-electron chi connectivity index (χ0n) is 10.7. The molecule has 1 heterocycles. The van der Waals surface area contributed by atoms with E-state index in [-0.39, 0.29) is 5.54 Å². The molecule has 0 aliphatic carbocycles. The maximum atomic E-state index is 4.12. The Hall–Kier alpha value is -0.930. The van der Waals surface area contributed by atoms with Gasteiger partial charge in [-0.2, -0.15) is 0 Å². The minimum Gasteiger partial charge on any atom is -0.311 e. The van der Waals surface area contributed by atoms with Crippen LogP contribution >= 0.6 is 0 Å². The molecule has 3 heteroatoms. The van der Waals surface area contributed by atoms with E-state index >= 15 is 0 Å². The SMILES string of the molecule is C[C@@H](NCCNC(C)(C)C)c1cccnc1. The van der Waals surface area contributed by atoms with Crippen molar-refractivity contribution >= 4 is 0 Å². The molecule has 2 N–H and O–H groups in total. The van der Waals surface area contributed by atoms with Crippen LogP contribution in [0.3, 0.4) is 0 Å². The summed E-state index contributed by atoms with van der Waals surface area (Å²) in [5.41, 5.74) is 1.43. The predicted octanol–water partition coefficient (Wildman–Crippen LogP) is 2.12. The second kappa shape index (κ2) is 5.97. The molecular weight excluding hydrogens is 198 g/mol. The van der Waals surface area contributed by atoms with Crippen molar-refractivity contribution in [2.75, 3.05) is 13.1 Å². The lowest BCUT2D eigenvalue weighted by molar-refractivity contribution is 0.414. The molecule has 0 aliphatic heterocycles. The van der Waals surface area contributed by atoms with Crippen LogP contribution in [0, 0.1) is 0 Å². The van der Waals surface area contributed by atoms with E-state index in [4.69, 9.17) is 0 Å². The minimum atomic E-state index is 0.194. The molecule has 0 fully saturated rings. The summed E-state index contributed by atoms with van der Waals surface area (Å²) in [5, 5.41) is 6.92. The van der Waals surface area contributed by atoms with E-state index in [0.717, 1.165) is 13.1 Å². The molecule has 0 aliphatic rings. The Labute approximate surface area is 98.7 Å². The number of aromatic nitrogens is 1. The smallest absolute Gasteiger partial charge is 0.0315 e. The summed E-state index contributed by atoms with van der Waals surface area (Å²) < 4.78 is 0. The van der Waals surface area contributed by atoms with E-state index in [1.165, 1.54) is 5.56 Å². The van der Waals surface area contributed by atoms with Crippen LogP contribution < -0.4 is 10.6 Å². The molecule has 16 heavy (non-hydrogen) atoms. The monoisotopic (exact) mass is 221 g/mol. The summed E-state index contributed by atoms with van der Waals surface area (Å²) >= 11 is 0. The fourth-order valence-corrected chi connectivity index (χ4v) is 1.48. The Kier molecular flexibility index (Phi) is 4.90. The fourth-order valence-electron chi connectivity index (χ4n) is 1.48. The number of rotatable bonds is 5. The normalized spacial score (nSPS) is 13.8. The van der Waals surface area contributed by atoms with Crippen LogP contribution in [0.4, 0.5) is 0 Å². The first-order valence-corrected chi connectivity index (χ1v) is 5.87. The predicted molar refractivity (Wildman–Crippen MR) is 68.4 cm³/mol. The van der Waals surface area contributed by atoms with Crippen molar-refractivity contribution in [2.24, 2.45) is 0 Å². The molecule has 0 radical (unpaired) electrons. The summed E-state index contributed by atoms with van der Waals surface area (Å²) in [4.78, 5) is 4.12. The molecule has 1 atom stereocenters. The fraction of sp³-hybridized carbons (Fsp3) is 0.615. The van der Waals surface area contributed by atoms with Gasteiger partial charge in [0.1, 0.15) is 0 Å². The zero-order valence-corrected chi connectivity index (χ0v) is 10.7. The molecule has 0 amide bonds. The van der Waals surface area contributed by atoms with E-state index in [1.807, 2.05) is 12.3 Å². The van der Waals surface area contributed by atoms with E-state index in [1.54, 1.807) is 6.20 Å². The lowest BCUT2D eigenvalue weighted by Crippen LogP contribution is -2.40. The molecule has 0 spiro atoms. The van der Waals surface area contributed by atoms with Gasteiger partial charge in [0.2, 0.25) is 0 Å². The number of pyridine rings is 1. The first-order valence-electron chi connectivity index (χ1n) is 5.87. The number of hydrogen-bond acceptors (Lipinski definition) is 3. The molecule has 1 aromatic rings. The molecule has 1 aromatic heterocycles. The first kappa shape index (κ1) is 13.1. The third-order valence-electron chi connectivity index (χ3n) is 2.42. The Morgan fingerprint density at radius 3 is 2.62 bits per heavy atom. The van der Waals surface area contributed by atoms with Gasteiger partial charge in [0, 0.05) is 37.1 Å². The summed E-state index contributed by atoms with van der Waals surface area (Å²) in [5.74, 6) is 0. The Bertz CT molecular complexity index is 290. The molecule has 0 aromatic carbocycles. The number of nitrogens with one attached hydrogen (secondary N) is 2. The number of hydrogen-bond donors (Lipinski definition) is 2. The Balaban J connectivity index is 2.24. The van der Waals surface area contributed by atoms with Crippen LogP contribution in [0.15, 0.2) is 24.5 Å². The van der Waals surface area contributed by atoms with Crippen molar-refractivity contribution in [1.29, 1.82) is 0 Å². The van der Waals surface area contributed by atoms with Crippen molar-refractivity contribution in [2.45, 2.75) is 39.3 Å². The van der Waals surface area contributed by atoms with E-state index in [2.05, 4.69) is 49.4 Å². The van der Waals surface area contributed by atoms with Gasteiger partial charge in [-0.15, -0.1) is 0 Å². The van der Waals surface area contributed by atoms with Gasteiger partial charge in [-0.25, -0.2) is 0 Å². The van der Waals surface area contributed by atoms with Crippen LogP contribution in [0.1, 0.15) is 39.3 Å². The quantitative estimate of drug-likeness (QED) is 0.748. The summed E-state index contributed by atoms with van der Waals surface area (Å²) in [6.45, 7) is 10.6. The third-order valence-corrected chi connectivity index (χ3v) is 2.42. The van der Waals surface area contributed by atoms with Crippen molar-refractivity contribution < 1.29 is 0 Å². The highest BCUT2D eigenvalue weighted by Crippen LogP contribution is 2.08. The number of nitrogens with zero attached hydrogens (tertiary/aromatic N) is 1. The average Bonchev–Trinajstić information content (AvgIpc) is 2.24. The molecule has 0 bridgehead atoms. The van der Waals surface area contributed by atoms with Crippen LogP contribution in [-0.2, 0) is 0 Å². The van der Waals surface area contributed by atoms with Gasteiger partial charge >= 0.3 is 0 Å². The topological polar surface area (TPSA) is 37.0 Å². The van der Waals surface area contributed by atoms with Crippen LogP contribution in [0.5, 0.6) is 0 Å². The van der Waals surface area contributed by atoms with Gasteiger partial charge in [0.05, 0.1) is 0 Å². The maximum absolute atomic E-state index is 4.12. The Morgan fingerprint density at radius 2 is 2.06 bits per heavy atom. The highest BCUT2D eigenvalue weighted by molar-refractivity contribution is 5.12. The standard InChI is InChI=1S/C13H23N3/c1-11(12-6-5-7-14-10-12)15-8-9-16-13(2,3)4/h5-7,10-11,15-16H,8-9H2,1-4H3/t11-/m1/s1. The van der Waals surface area contributed by atoms with Gasteiger partial charge in [0.15, 0.2) is 0 Å². The molecule has 0 saturated heterocycles. The van der Waals surface area contributed by atoms with E-state index < -0.39 is 0 Å². The van der Waals surface area contributed by atoms with Gasteiger partial charge in [-0.05, 0) is 39.3 Å². The lowest BCUT2D eigenvalue weighted by Gasteiger charge is -2.21. The summed E-state index contributed by atoms with van der Waals surface area (Å²) in [6.07, 6.45) is 3.71. The van der Waals surface area contributed by atoms with Crippen molar-refractivity contribution in [3.8, 4) is 0 Å². The minimum absolute atomic E-state index is 0.194. The second-order valence-electron chi connectivity index (χ2n) is 5.14. The van der Waals surface area contributed by atoms with E-state index in [0.29, 0.717) is 6.04 Å². The first-order chi connectivity index (χ1) is 7.49. The van der Waals surface area contributed by atoms with Crippen LogP contribution in [-0.4, -0.2) is 23.6 Å². The molecule has 0 saturated carbocycles. The van der Waals surface area contributed by atoms with Gasteiger partial charge in [0.25, 0.3) is 0 Å². The third kappa shape index (κ3) is 5.24. The molecule has 1 rings (SSSR count). The lowest BCUT2D eigenvalue weighted by atomic mass is 10.1. The average molecular weight is 221 g/mol. The molecule has 3 nitrogen and oxygen atoms in total. The van der Waals surface area contributed by atoms with Gasteiger partial charge < -0.3 is 10.6 Å². The highest BCUT2D eigenvalue weighted by atomic mass is 15.0. The maximum Gasteiger partial charge on any atom is 0.0315 e. The zero-order chi connectivity index (χ0) is 12.0. The Morgan fingerprint density at radius 1 is 1.31 bits per heavy atom. The molecule has 0 unspecified atom stereocenters. The van der Waals surface area contributed by atoms with E-state index in [9.17, 15) is 0 Å². The van der Waals surface area contributed by atoms with Crippen molar-refractivity contribution in [1.82, 2.24) is 15.6 Å². The van der Waals surface area contributed by atoms with Crippen molar-refractivity contribution in [3.63, 3.8) is 0 Å².